The smallest absolute Gasteiger partial charge is 0.0276 e. The summed E-state index contributed by atoms with van der Waals surface area (Å²) in [5.41, 5.74) is 1.50. The molecule has 20 heavy (non-hydrogen) atoms. The fourth-order valence-corrected chi connectivity index (χ4v) is 4.14. The molecule has 0 radical (unpaired) electrons. The summed E-state index contributed by atoms with van der Waals surface area (Å²) < 4.78 is 0. The summed E-state index contributed by atoms with van der Waals surface area (Å²) in [5.74, 6) is 4.66. The third-order valence-corrected chi connectivity index (χ3v) is 5.81. The second kappa shape index (κ2) is 7.29. The molecule has 1 aliphatic carbocycles. The first-order chi connectivity index (χ1) is 9.58. The molecule has 0 N–H and O–H groups in total. The van der Waals surface area contributed by atoms with Gasteiger partial charge in [-0.2, -0.15) is 0 Å². The molecule has 0 saturated heterocycles. The zero-order valence-electron chi connectivity index (χ0n) is 13.8. The Hall–Kier alpha value is -0.780. The first kappa shape index (κ1) is 15.6. The maximum absolute atomic E-state index is 2.48. The second-order valence-corrected chi connectivity index (χ2v) is 7.42. The standard InChI is InChI=1S/C20H32/c1-15(10-12-19-8-6-5-7-9-19)11-13-20-17(3)14-16(2)18(20)4/h5-9,15-18,20H,10-14H2,1-4H3. The normalized spacial score (nSPS) is 31.4. The summed E-state index contributed by atoms with van der Waals surface area (Å²) in [4.78, 5) is 0. The molecule has 1 aromatic rings. The predicted octanol–water partition coefficient (Wildman–Crippen LogP) is 5.96. The van der Waals surface area contributed by atoms with E-state index in [1.54, 1.807) is 0 Å². The fourth-order valence-electron chi connectivity index (χ4n) is 4.14. The van der Waals surface area contributed by atoms with Gasteiger partial charge in [-0.1, -0.05) is 64.4 Å². The van der Waals surface area contributed by atoms with E-state index in [2.05, 4.69) is 58.0 Å². The Morgan fingerprint density at radius 3 is 2.30 bits per heavy atom. The van der Waals surface area contributed by atoms with Crippen LogP contribution < -0.4 is 0 Å². The summed E-state index contributed by atoms with van der Waals surface area (Å²) >= 11 is 0. The average Bonchev–Trinajstić information content (AvgIpc) is 2.69. The van der Waals surface area contributed by atoms with Crippen LogP contribution in [-0.2, 0) is 6.42 Å². The highest BCUT2D eigenvalue weighted by Gasteiger charge is 2.35. The van der Waals surface area contributed by atoms with Crippen LogP contribution in [0.2, 0.25) is 0 Å². The van der Waals surface area contributed by atoms with Crippen LogP contribution in [-0.4, -0.2) is 0 Å². The largest absolute Gasteiger partial charge is 0.0625 e. The van der Waals surface area contributed by atoms with Crippen molar-refractivity contribution in [2.75, 3.05) is 0 Å². The Kier molecular flexibility index (Phi) is 5.69. The van der Waals surface area contributed by atoms with Gasteiger partial charge in [-0.3, -0.25) is 0 Å². The first-order valence-electron chi connectivity index (χ1n) is 8.61. The predicted molar refractivity (Wildman–Crippen MR) is 88.8 cm³/mol. The second-order valence-electron chi connectivity index (χ2n) is 7.42. The van der Waals surface area contributed by atoms with Crippen LogP contribution in [0, 0.1) is 29.6 Å². The highest BCUT2D eigenvalue weighted by atomic mass is 14.4. The van der Waals surface area contributed by atoms with Crippen LogP contribution in [0.3, 0.4) is 0 Å². The van der Waals surface area contributed by atoms with E-state index < -0.39 is 0 Å². The van der Waals surface area contributed by atoms with Crippen LogP contribution in [0.1, 0.15) is 58.9 Å². The van der Waals surface area contributed by atoms with Crippen molar-refractivity contribution in [2.24, 2.45) is 29.6 Å². The van der Waals surface area contributed by atoms with Gasteiger partial charge in [-0.25, -0.2) is 0 Å². The Labute approximate surface area is 126 Å². The molecule has 5 atom stereocenters. The molecule has 0 bridgehead atoms. The van der Waals surface area contributed by atoms with Crippen LogP contribution in [0.4, 0.5) is 0 Å². The van der Waals surface area contributed by atoms with Gasteiger partial charge in [0.25, 0.3) is 0 Å². The van der Waals surface area contributed by atoms with Crippen molar-refractivity contribution in [1.82, 2.24) is 0 Å². The summed E-state index contributed by atoms with van der Waals surface area (Å²) in [7, 11) is 0. The van der Waals surface area contributed by atoms with Crippen molar-refractivity contribution in [3.8, 4) is 0 Å². The molecule has 0 aromatic heterocycles. The molecule has 112 valence electrons. The quantitative estimate of drug-likeness (QED) is 0.599. The summed E-state index contributed by atoms with van der Waals surface area (Å²) in [6.07, 6.45) is 6.90. The van der Waals surface area contributed by atoms with E-state index in [9.17, 15) is 0 Å². The van der Waals surface area contributed by atoms with Gasteiger partial charge in [0, 0.05) is 0 Å². The van der Waals surface area contributed by atoms with Crippen molar-refractivity contribution in [2.45, 2.75) is 59.8 Å². The Balaban J connectivity index is 1.71. The van der Waals surface area contributed by atoms with Crippen LogP contribution >= 0.6 is 0 Å². The summed E-state index contributed by atoms with van der Waals surface area (Å²) in [6.45, 7) is 9.84. The molecule has 0 aliphatic heterocycles. The van der Waals surface area contributed by atoms with E-state index in [1.165, 1.54) is 37.7 Å². The molecule has 1 aliphatic rings. The lowest BCUT2D eigenvalue weighted by Gasteiger charge is -2.23. The highest BCUT2D eigenvalue weighted by Crippen LogP contribution is 2.43. The summed E-state index contributed by atoms with van der Waals surface area (Å²) in [5, 5.41) is 0. The molecule has 5 unspecified atom stereocenters. The average molecular weight is 272 g/mol. The van der Waals surface area contributed by atoms with Gasteiger partial charge in [0.05, 0.1) is 0 Å². The maximum atomic E-state index is 2.48. The molecular formula is C20H32. The van der Waals surface area contributed by atoms with Gasteiger partial charge in [-0.15, -0.1) is 0 Å². The Bertz CT molecular complexity index is 380. The summed E-state index contributed by atoms with van der Waals surface area (Å²) in [6, 6.07) is 10.9. The zero-order chi connectivity index (χ0) is 14.5. The number of rotatable bonds is 6. The number of benzene rings is 1. The fraction of sp³-hybridized carbons (Fsp3) is 0.700. The minimum atomic E-state index is 0.866. The molecule has 1 saturated carbocycles. The monoisotopic (exact) mass is 272 g/mol. The topological polar surface area (TPSA) is 0 Å². The van der Waals surface area contributed by atoms with E-state index in [1.807, 2.05) is 0 Å². The van der Waals surface area contributed by atoms with Gasteiger partial charge in [0.15, 0.2) is 0 Å². The molecule has 0 amide bonds. The third-order valence-electron chi connectivity index (χ3n) is 5.81. The first-order valence-corrected chi connectivity index (χ1v) is 8.61. The van der Waals surface area contributed by atoms with Crippen LogP contribution in [0.15, 0.2) is 30.3 Å². The van der Waals surface area contributed by atoms with Crippen molar-refractivity contribution >= 4 is 0 Å². The van der Waals surface area contributed by atoms with Crippen molar-refractivity contribution in [1.29, 1.82) is 0 Å². The van der Waals surface area contributed by atoms with Crippen LogP contribution in [0.25, 0.3) is 0 Å². The third kappa shape index (κ3) is 4.11. The molecule has 1 aromatic carbocycles. The lowest BCUT2D eigenvalue weighted by atomic mass is 9.83. The molecule has 1 fully saturated rings. The van der Waals surface area contributed by atoms with Crippen molar-refractivity contribution in [3.05, 3.63) is 35.9 Å². The lowest BCUT2D eigenvalue weighted by Crippen LogP contribution is -2.14. The van der Waals surface area contributed by atoms with Gasteiger partial charge >= 0.3 is 0 Å². The van der Waals surface area contributed by atoms with Crippen LogP contribution in [0.5, 0.6) is 0 Å². The van der Waals surface area contributed by atoms with E-state index in [0.29, 0.717) is 0 Å². The maximum Gasteiger partial charge on any atom is -0.0276 e. The molecule has 2 rings (SSSR count). The Morgan fingerprint density at radius 2 is 1.70 bits per heavy atom. The molecule has 0 nitrogen and oxygen atoms in total. The number of hydrogen-bond donors (Lipinski definition) is 0. The highest BCUT2D eigenvalue weighted by molar-refractivity contribution is 5.14. The van der Waals surface area contributed by atoms with E-state index >= 15 is 0 Å². The zero-order valence-corrected chi connectivity index (χ0v) is 13.8. The SMILES string of the molecule is CC(CCc1ccccc1)CCC1C(C)CC(C)C1C. The van der Waals surface area contributed by atoms with Gasteiger partial charge in [0.2, 0.25) is 0 Å². The van der Waals surface area contributed by atoms with Crippen molar-refractivity contribution in [3.63, 3.8) is 0 Å². The van der Waals surface area contributed by atoms with E-state index in [0.717, 1.165) is 29.6 Å². The van der Waals surface area contributed by atoms with Gasteiger partial charge in [-0.05, 0) is 60.8 Å². The molecule has 0 heterocycles. The molecular weight excluding hydrogens is 240 g/mol. The molecule has 0 spiro atoms. The van der Waals surface area contributed by atoms with Gasteiger partial charge in [0.1, 0.15) is 0 Å². The minimum absolute atomic E-state index is 0.866. The van der Waals surface area contributed by atoms with E-state index in [4.69, 9.17) is 0 Å². The molecule has 0 heteroatoms. The number of aryl methyl sites for hydroxylation is 1. The van der Waals surface area contributed by atoms with Crippen molar-refractivity contribution < 1.29 is 0 Å². The minimum Gasteiger partial charge on any atom is -0.0625 e. The van der Waals surface area contributed by atoms with E-state index in [-0.39, 0.29) is 0 Å². The number of hydrogen-bond acceptors (Lipinski definition) is 0. The lowest BCUT2D eigenvalue weighted by molar-refractivity contribution is 0.276. The Morgan fingerprint density at radius 1 is 1.00 bits per heavy atom. The van der Waals surface area contributed by atoms with Gasteiger partial charge < -0.3 is 0 Å².